The molecule has 0 atom stereocenters. The van der Waals surface area contributed by atoms with Crippen LogP contribution in [0.15, 0.2) is 114 Å². The summed E-state index contributed by atoms with van der Waals surface area (Å²) in [6.07, 6.45) is 1.44. The summed E-state index contributed by atoms with van der Waals surface area (Å²) >= 11 is 1.34. The number of amides is 3. The third-order valence-corrected chi connectivity index (χ3v) is 6.89. The fourth-order valence-electron chi connectivity index (χ4n) is 3.78. The van der Waals surface area contributed by atoms with E-state index >= 15 is 0 Å². The molecule has 0 heterocycles. The summed E-state index contributed by atoms with van der Waals surface area (Å²) in [5, 5.41) is 19.2. The van der Waals surface area contributed by atoms with Crippen molar-refractivity contribution in [1.82, 2.24) is 5.32 Å². The third-order valence-electron chi connectivity index (χ3n) is 5.87. The Morgan fingerprint density at radius 1 is 0.837 bits per heavy atom. The number of hydrogen-bond acceptors (Lipinski definition) is 7. The van der Waals surface area contributed by atoms with Crippen molar-refractivity contribution in [1.29, 1.82) is 0 Å². The first-order valence-electron chi connectivity index (χ1n) is 13.2. The van der Waals surface area contributed by atoms with Crippen LogP contribution in [0.3, 0.4) is 0 Å². The number of nitro groups is 1. The standard InChI is InChI=1S/C32H28N4O6S/c1-2-42-27-16-10-24(11-17-27)33-30(37)21-43-28-18-12-25(13-19-28)34-32(39)29(35-31(38)23-6-4-3-5-7-23)20-22-8-14-26(15-9-22)36(40)41/h3-20H,2,21H2,1H3,(H,33,37)(H,34,39)(H,35,38)/b29-20-. The highest BCUT2D eigenvalue weighted by Gasteiger charge is 2.16. The van der Waals surface area contributed by atoms with Gasteiger partial charge in [0.05, 0.1) is 17.3 Å². The van der Waals surface area contributed by atoms with E-state index < -0.39 is 16.7 Å². The number of hydrogen-bond donors (Lipinski definition) is 3. The smallest absolute Gasteiger partial charge is 0.272 e. The van der Waals surface area contributed by atoms with E-state index in [1.165, 1.54) is 42.1 Å². The second-order valence-corrected chi connectivity index (χ2v) is 10.0. The summed E-state index contributed by atoms with van der Waals surface area (Å²) in [5.74, 6) is -0.319. The Balaban J connectivity index is 1.39. The second kappa shape index (κ2) is 15.0. The van der Waals surface area contributed by atoms with Crippen molar-refractivity contribution < 1.29 is 24.0 Å². The summed E-state index contributed by atoms with van der Waals surface area (Å²) in [6, 6.07) is 28.1. The van der Waals surface area contributed by atoms with Crippen LogP contribution < -0.4 is 20.7 Å². The predicted octanol–water partition coefficient (Wildman–Crippen LogP) is 6.13. The van der Waals surface area contributed by atoms with Gasteiger partial charge in [-0.05, 0) is 91.4 Å². The molecule has 0 aromatic heterocycles. The van der Waals surface area contributed by atoms with E-state index in [-0.39, 0.29) is 23.0 Å². The minimum absolute atomic E-state index is 0.0490. The normalized spacial score (nSPS) is 10.9. The highest BCUT2D eigenvalue weighted by atomic mass is 32.2. The van der Waals surface area contributed by atoms with Crippen LogP contribution in [0, 0.1) is 10.1 Å². The summed E-state index contributed by atoms with van der Waals surface area (Å²) < 4.78 is 5.41. The largest absolute Gasteiger partial charge is 0.494 e. The molecule has 10 nitrogen and oxygen atoms in total. The van der Waals surface area contributed by atoms with Gasteiger partial charge in [0.15, 0.2) is 0 Å². The van der Waals surface area contributed by atoms with E-state index in [0.717, 1.165) is 10.6 Å². The average Bonchev–Trinajstić information content (AvgIpc) is 3.02. The molecule has 0 aliphatic rings. The number of thioether (sulfide) groups is 1. The Morgan fingerprint density at radius 3 is 2.09 bits per heavy atom. The van der Waals surface area contributed by atoms with Crippen molar-refractivity contribution in [2.45, 2.75) is 11.8 Å². The molecule has 0 unspecified atom stereocenters. The molecule has 3 amide bonds. The van der Waals surface area contributed by atoms with Gasteiger partial charge in [0.2, 0.25) is 5.91 Å². The SMILES string of the molecule is CCOc1ccc(NC(=O)CSc2ccc(NC(=O)/C(=C/c3ccc([N+](=O)[O-])cc3)NC(=O)c3ccccc3)cc2)cc1. The highest BCUT2D eigenvalue weighted by molar-refractivity contribution is 8.00. The van der Waals surface area contributed by atoms with Gasteiger partial charge >= 0.3 is 0 Å². The van der Waals surface area contributed by atoms with Gasteiger partial charge in [0, 0.05) is 34.0 Å². The first-order chi connectivity index (χ1) is 20.8. The van der Waals surface area contributed by atoms with Crippen LogP contribution in [-0.4, -0.2) is 35.0 Å². The molecule has 0 spiro atoms. The molecule has 43 heavy (non-hydrogen) atoms. The van der Waals surface area contributed by atoms with Gasteiger partial charge in [-0.15, -0.1) is 11.8 Å². The number of ether oxygens (including phenoxy) is 1. The number of nitrogens with one attached hydrogen (secondary N) is 3. The number of nitro benzene ring substituents is 1. The lowest BCUT2D eigenvalue weighted by Gasteiger charge is -2.12. The number of non-ortho nitro benzene ring substituents is 1. The molecular weight excluding hydrogens is 568 g/mol. The zero-order valence-corrected chi connectivity index (χ0v) is 23.9. The van der Waals surface area contributed by atoms with Gasteiger partial charge < -0.3 is 20.7 Å². The van der Waals surface area contributed by atoms with Crippen LogP contribution in [0.2, 0.25) is 0 Å². The molecule has 0 aliphatic heterocycles. The van der Waals surface area contributed by atoms with E-state index in [2.05, 4.69) is 16.0 Å². The van der Waals surface area contributed by atoms with Gasteiger partial charge in [-0.2, -0.15) is 0 Å². The quantitative estimate of drug-likeness (QED) is 0.0773. The van der Waals surface area contributed by atoms with Crippen LogP contribution in [0.4, 0.5) is 17.1 Å². The van der Waals surface area contributed by atoms with Crippen molar-refractivity contribution in [2.75, 3.05) is 23.0 Å². The number of nitrogens with zero attached hydrogens (tertiary/aromatic N) is 1. The third kappa shape index (κ3) is 9.30. The fourth-order valence-corrected chi connectivity index (χ4v) is 4.48. The highest BCUT2D eigenvalue weighted by Crippen LogP contribution is 2.22. The van der Waals surface area contributed by atoms with E-state index in [4.69, 9.17) is 4.74 Å². The molecule has 4 aromatic carbocycles. The Kier molecular flexibility index (Phi) is 10.6. The molecule has 4 rings (SSSR count). The summed E-state index contributed by atoms with van der Waals surface area (Å²) in [5.41, 5.74) is 1.84. The van der Waals surface area contributed by atoms with Gasteiger partial charge in [0.1, 0.15) is 11.4 Å². The molecule has 218 valence electrons. The van der Waals surface area contributed by atoms with Crippen molar-refractivity contribution in [3.63, 3.8) is 0 Å². The average molecular weight is 597 g/mol. The topological polar surface area (TPSA) is 140 Å². The van der Waals surface area contributed by atoms with Crippen LogP contribution in [-0.2, 0) is 9.59 Å². The van der Waals surface area contributed by atoms with E-state index in [0.29, 0.717) is 29.1 Å². The Morgan fingerprint density at radius 2 is 1.47 bits per heavy atom. The van der Waals surface area contributed by atoms with E-state index in [9.17, 15) is 24.5 Å². The lowest BCUT2D eigenvalue weighted by Crippen LogP contribution is -2.30. The molecule has 0 fully saturated rings. The fraction of sp³-hybridized carbons (Fsp3) is 0.0938. The molecule has 0 saturated heterocycles. The molecule has 3 N–H and O–H groups in total. The Hall–Kier alpha value is -5.42. The van der Waals surface area contributed by atoms with Crippen LogP contribution in [0.5, 0.6) is 5.75 Å². The number of carbonyl (C=O) groups excluding carboxylic acids is 3. The predicted molar refractivity (Wildman–Crippen MR) is 167 cm³/mol. The number of anilines is 2. The second-order valence-electron chi connectivity index (χ2n) is 9.00. The van der Waals surface area contributed by atoms with Gasteiger partial charge in [0.25, 0.3) is 17.5 Å². The summed E-state index contributed by atoms with van der Waals surface area (Å²) in [7, 11) is 0. The maximum atomic E-state index is 13.2. The first-order valence-corrected chi connectivity index (χ1v) is 14.2. The molecule has 4 aromatic rings. The Bertz CT molecular complexity index is 1610. The number of rotatable bonds is 12. The molecular formula is C32H28N4O6S. The maximum absolute atomic E-state index is 13.2. The molecule has 0 aliphatic carbocycles. The van der Waals surface area contributed by atoms with Gasteiger partial charge in [-0.25, -0.2) is 0 Å². The lowest BCUT2D eigenvalue weighted by atomic mass is 10.1. The lowest BCUT2D eigenvalue weighted by molar-refractivity contribution is -0.384. The monoisotopic (exact) mass is 596 g/mol. The number of carbonyl (C=O) groups is 3. The van der Waals surface area contributed by atoms with E-state index in [1.807, 2.05) is 6.92 Å². The minimum atomic E-state index is -0.585. The van der Waals surface area contributed by atoms with Crippen LogP contribution in [0.25, 0.3) is 6.08 Å². The van der Waals surface area contributed by atoms with Crippen LogP contribution in [0.1, 0.15) is 22.8 Å². The number of benzene rings is 4. The summed E-state index contributed by atoms with van der Waals surface area (Å²) in [4.78, 5) is 49.7. The first kappa shape index (κ1) is 30.5. The molecule has 11 heteroatoms. The van der Waals surface area contributed by atoms with Gasteiger partial charge in [-0.3, -0.25) is 24.5 Å². The molecule has 0 radical (unpaired) electrons. The Labute approximate surface area is 252 Å². The maximum Gasteiger partial charge on any atom is 0.272 e. The molecule has 0 bridgehead atoms. The summed E-state index contributed by atoms with van der Waals surface area (Å²) in [6.45, 7) is 2.47. The minimum Gasteiger partial charge on any atom is -0.494 e. The van der Waals surface area contributed by atoms with Crippen molar-refractivity contribution in [2.24, 2.45) is 0 Å². The van der Waals surface area contributed by atoms with Gasteiger partial charge in [-0.1, -0.05) is 18.2 Å². The van der Waals surface area contributed by atoms with Crippen LogP contribution >= 0.6 is 11.8 Å². The zero-order chi connectivity index (χ0) is 30.6. The van der Waals surface area contributed by atoms with E-state index in [1.54, 1.807) is 78.9 Å². The zero-order valence-electron chi connectivity index (χ0n) is 23.1. The van der Waals surface area contributed by atoms with Crippen molar-refractivity contribution in [3.8, 4) is 5.75 Å². The van der Waals surface area contributed by atoms with Crippen molar-refractivity contribution in [3.05, 3.63) is 130 Å². The van der Waals surface area contributed by atoms with Crippen molar-refractivity contribution >= 4 is 52.6 Å². The molecule has 0 saturated carbocycles.